The van der Waals surface area contributed by atoms with Gasteiger partial charge in [-0.25, -0.2) is 9.59 Å². The first-order chi connectivity index (χ1) is 15.4. The molecule has 9 nitrogen and oxygen atoms in total. The normalized spacial score (nSPS) is 12.4. The number of nitrogens with zero attached hydrogens (tertiary/aromatic N) is 2. The number of nitrogens with one attached hydrogen (secondary N) is 1. The number of fused-ring (bicyclic) bond motifs is 1. The lowest BCUT2D eigenvalue weighted by atomic mass is 10.1. The number of ether oxygens (including phenoxy) is 1. The van der Waals surface area contributed by atoms with E-state index >= 15 is 0 Å². The van der Waals surface area contributed by atoms with Gasteiger partial charge >= 0.3 is 11.7 Å². The van der Waals surface area contributed by atoms with E-state index in [1.165, 1.54) is 15.0 Å². The molecule has 0 saturated heterocycles. The molecule has 172 valence electrons. The Morgan fingerprint density at radius 2 is 1.91 bits per heavy atom. The third kappa shape index (κ3) is 4.92. The van der Waals surface area contributed by atoms with Gasteiger partial charge in [-0.1, -0.05) is 26.3 Å². The number of unbranched alkanes of at least 4 members (excludes halogenated alkanes) is 1. The van der Waals surface area contributed by atoms with Gasteiger partial charge in [0.15, 0.2) is 12.3 Å². The number of rotatable bonds is 9. The third-order valence-electron chi connectivity index (χ3n) is 5.63. The highest BCUT2D eigenvalue weighted by Gasteiger charge is 2.25. The summed E-state index contributed by atoms with van der Waals surface area (Å²) < 4.78 is 6.50. The van der Waals surface area contributed by atoms with Gasteiger partial charge in [-0.05, 0) is 55.4 Å². The summed E-state index contributed by atoms with van der Waals surface area (Å²) in [6, 6.07) is 5.44. The van der Waals surface area contributed by atoms with Gasteiger partial charge in [0.25, 0.3) is 11.5 Å². The Hall–Kier alpha value is -3.36. The van der Waals surface area contributed by atoms with Crippen LogP contribution < -0.4 is 21.9 Å². The minimum Gasteiger partial charge on any atom is -0.452 e. The van der Waals surface area contributed by atoms with Gasteiger partial charge in [0, 0.05) is 13.1 Å². The molecule has 0 aliphatic heterocycles. The predicted octanol–water partition coefficient (Wildman–Crippen LogP) is 2.01. The van der Waals surface area contributed by atoms with E-state index < -0.39 is 29.7 Å². The average molecular weight is 443 g/mol. The molecule has 0 atom stereocenters. The summed E-state index contributed by atoms with van der Waals surface area (Å²) >= 11 is 0. The summed E-state index contributed by atoms with van der Waals surface area (Å²) in [6.45, 7) is 3.80. The van der Waals surface area contributed by atoms with Gasteiger partial charge in [-0.3, -0.25) is 19.1 Å². The van der Waals surface area contributed by atoms with E-state index in [4.69, 9.17) is 10.5 Å². The molecule has 0 radical (unpaired) electrons. The highest BCUT2D eigenvalue weighted by atomic mass is 16.5. The number of hydrogen-bond acceptors (Lipinski definition) is 6. The highest BCUT2D eigenvalue weighted by Crippen LogP contribution is 2.23. The van der Waals surface area contributed by atoms with Crippen LogP contribution in [-0.4, -0.2) is 34.6 Å². The maximum absolute atomic E-state index is 13.0. The second-order valence-corrected chi connectivity index (χ2v) is 7.96. The number of hydrogen-bond donors (Lipinski definition) is 2. The number of aromatic nitrogens is 2. The zero-order chi connectivity index (χ0) is 23.3. The number of amides is 1. The zero-order valence-corrected chi connectivity index (χ0v) is 18.6. The van der Waals surface area contributed by atoms with Gasteiger partial charge in [0.2, 0.25) is 0 Å². The van der Waals surface area contributed by atoms with Crippen molar-refractivity contribution >= 4 is 23.4 Å². The van der Waals surface area contributed by atoms with Crippen molar-refractivity contribution in [2.45, 2.75) is 58.9 Å². The fraction of sp³-hybridized carbons (Fsp3) is 0.478. The van der Waals surface area contributed by atoms with Crippen LogP contribution >= 0.6 is 0 Å². The minimum atomic E-state index is -0.741. The number of aryl methyl sites for hydroxylation is 2. The number of benzene rings is 1. The largest absolute Gasteiger partial charge is 0.452 e. The lowest BCUT2D eigenvalue weighted by Gasteiger charge is -2.24. The van der Waals surface area contributed by atoms with E-state index in [0.717, 1.165) is 31.2 Å². The molecule has 2 aromatic rings. The summed E-state index contributed by atoms with van der Waals surface area (Å²) in [7, 11) is 0. The number of nitrogen functional groups attached to an aromatic ring is 1. The summed E-state index contributed by atoms with van der Waals surface area (Å²) in [5.41, 5.74) is 7.43. The van der Waals surface area contributed by atoms with Crippen molar-refractivity contribution in [1.29, 1.82) is 0 Å². The van der Waals surface area contributed by atoms with Crippen molar-refractivity contribution in [2.75, 3.05) is 23.8 Å². The molecule has 1 heterocycles. The number of carbonyl (C=O) groups excluding carboxylic acids is 2. The molecule has 32 heavy (non-hydrogen) atoms. The van der Waals surface area contributed by atoms with Gasteiger partial charge in [0.05, 0.1) is 5.56 Å². The van der Waals surface area contributed by atoms with Crippen molar-refractivity contribution in [3.05, 3.63) is 55.7 Å². The van der Waals surface area contributed by atoms with Crippen molar-refractivity contribution in [3.63, 3.8) is 0 Å². The van der Waals surface area contributed by atoms with Gasteiger partial charge in [-0.2, -0.15) is 0 Å². The molecule has 1 aliphatic rings. The molecule has 0 bridgehead atoms. The van der Waals surface area contributed by atoms with Gasteiger partial charge < -0.3 is 15.4 Å². The van der Waals surface area contributed by atoms with Gasteiger partial charge in [-0.15, -0.1) is 0 Å². The second-order valence-electron chi connectivity index (χ2n) is 7.96. The van der Waals surface area contributed by atoms with Crippen molar-refractivity contribution in [1.82, 2.24) is 9.55 Å². The number of anilines is 2. The summed E-state index contributed by atoms with van der Waals surface area (Å²) in [4.78, 5) is 53.6. The quantitative estimate of drug-likeness (QED) is 0.572. The third-order valence-corrected chi connectivity index (χ3v) is 5.63. The number of nitrogens with two attached hydrogens (primary N) is 1. The van der Waals surface area contributed by atoms with Crippen molar-refractivity contribution in [3.8, 4) is 0 Å². The first-order valence-corrected chi connectivity index (χ1v) is 11.1. The first-order valence-electron chi connectivity index (χ1n) is 11.1. The molecular weight excluding hydrogens is 412 g/mol. The second kappa shape index (κ2) is 10.3. The molecule has 3 N–H and O–H groups in total. The van der Waals surface area contributed by atoms with Crippen LogP contribution in [0.25, 0.3) is 0 Å². The molecule has 9 heteroatoms. The molecule has 0 fully saturated rings. The van der Waals surface area contributed by atoms with E-state index in [0.29, 0.717) is 24.9 Å². The van der Waals surface area contributed by atoms with Crippen LogP contribution in [0.4, 0.5) is 11.5 Å². The fourth-order valence-corrected chi connectivity index (χ4v) is 3.95. The van der Waals surface area contributed by atoms with E-state index in [1.54, 1.807) is 6.07 Å². The molecular formula is C23H30N4O5. The Morgan fingerprint density at radius 3 is 2.62 bits per heavy atom. The lowest BCUT2D eigenvalue weighted by molar-refractivity contribution is -0.121. The lowest BCUT2D eigenvalue weighted by Crippen LogP contribution is -2.43. The predicted molar refractivity (Wildman–Crippen MR) is 122 cm³/mol. The Bertz CT molecular complexity index is 1120. The highest BCUT2D eigenvalue weighted by molar-refractivity contribution is 5.98. The van der Waals surface area contributed by atoms with Crippen LogP contribution in [0.5, 0.6) is 0 Å². The van der Waals surface area contributed by atoms with Crippen LogP contribution in [0.1, 0.15) is 61.0 Å². The molecule has 1 aromatic carbocycles. The molecule has 1 aliphatic carbocycles. The molecule has 0 unspecified atom stereocenters. The van der Waals surface area contributed by atoms with Crippen LogP contribution in [0.15, 0.2) is 27.8 Å². The summed E-state index contributed by atoms with van der Waals surface area (Å²) in [5, 5.41) is 0. The number of H-pyrrole nitrogens is 1. The van der Waals surface area contributed by atoms with E-state index in [9.17, 15) is 19.2 Å². The molecule has 0 saturated carbocycles. The molecule has 1 aromatic heterocycles. The zero-order valence-electron chi connectivity index (χ0n) is 18.6. The fourth-order valence-electron chi connectivity index (χ4n) is 3.95. The van der Waals surface area contributed by atoms with E-state index in [2.05, 4.69) is 4.98 Å². The average Bonchev–Trinajstić information content (AvgIpc) is 3.24. The molecule has 1 amide bonds. The smallest absolute Gasteiger partial charge is 0.338 e. The number of esters is 1. The Kier molecular flexibility index (Phi) is 7.50. The van der Waals surface area contributed by atoms with E-state index in [-0.39, 0.29) is 18.1 Å². The number of aromatic amines is 1. The number of carbonyl (C=O) groups is 2. The monoisotopic (exact) mass is 442 g/mol. The van der Waals surface area contributed by atoms with Gasteiger partial charge in [0.1, 0.15) is 5.82 Å². The minimum absolute atomic E-state index is 0.0741. The summed E-state index contributed by atoms with van der Waals surface area (Å²) in [6.07, 6.45) is 4.99. The van der Waals surface area contributed by atoms with Crippen LogP contribution in [0, 0.1) is 0 Å². The first kappa shape index (κ1) is 23.3. The van der Waals surface area contributed by atoms with Crippen LogP contribution in [0.3, 0.4) is 0 Å². The molecule has 0 spiro atoms. The maximum Gasteiger partial charge on any atom is 0.338 e. The Morgan fingerprint density at radius 1 is 1.16 bits per heavy atom. The standard InChI is InChI=1S/C23H30N4O5/c1-3-5-12-26(19-20(24)27(11-4-2)23(31)25-21(19)29)18(28)14-32-22(30)17-10-9-15-7-6-8-16(15)13-17/h9-10,13H,3-8,11-12,14,24H2,1-2H3,(H,25,29,31). The van der Waals surface area contributed by atoms with Crippen LogP contribution in [-0.2, 0) is 28.9 Å². The van der Waals surface area contributed by atoms with Crippen molar-refractivity contribution < 1.29 is 14.3 Å². The van der Waals surface area contributed by atoms with Crippen LogP contribution in [0.2, 0.25) is 0 Å². The molecule has 3 rings (SSSR count). The Balaban J connectivity index is 1.81. The Labute approximate surface area is 186 Å². The summed E-state index contributed by atoms with van der Waals surface area (Å²) in [5.74, 6) is -1.25. The maximum atomic E-state index is 13.0. The SMILES string of the molecule is CCCCN(C(=O)COC(=O)c1ccc2c(c1)CCC2)c1c(N)n(CCC)c(=O)[nH]c1=O. The topological polar surface area (TPSA) is 127 Å². The van der Waals surface area contributed by atoms with E-state index in [1.807, 2.05) is 26.0 Å². The van der Waals surface area contributed by atoms with Crippen molar-refractivity contribution in [2.24, 2.45) is 0 Å².